The monoisotopic (exact) mass is 350 g/mol. The Morgan fingerprint density at radius 1 is 1.12 bits per heavy atom. The molecule has 7 nitrogen and oxygen atoms in total. The van der Waals surface area contributed by atoms with Crippen LogP contribution in [0.2, 0.25) is 0 Å². The second-order valence-electron chi connectivity index (χ2n) is 6.24. The van der Waals surface area contributed by atoms with Crippen LogP contribution in [-0.4, -0.2) is 69.5 Å². The maximum atomic E-state index is 12.7. The van der Waals surface area contributed by atoms with Gasteiger partial charge in [-0.3, -0.25) is 9.59 Å². The topological polar surface area (TPSA) is 110 Å². The van der Waals surface area contributed by atoms with Gasteiger partial charge < -0.3 is 25.5 Å². The number of likely N-dealkylation sites (tertiary alicyclic amines) is 1. The molecule has 1 saturated heterocycles. The van der Waals surface area contributed by atoms with Crippen molar-refractivity contribution in [2.45, 2.75) is 50.5 Å². The van der Waals surface area contributed by atoms with Crippen molar-refractivity contribution >= 4 is 11.8 Å². The van der Waals surface area contributed by atoms with E-state index in [4.69, 9.17) is 0 Å². The van der Waals surface area contributed by atoms with Crippen molar-refractivity contribution in [2.75, 3.05) is 13.2 Å². The molecule has 2 amide bonds. The molecule has 0 aromatic heterocycles. The van der Waals surface area contributed by atoms with E-state index in [2.05, 4.69) is 5.32 Å². The molecule has 7 heteroatoms. The number of hydrogen-bond donors (Lipinski definition) is 4. The number of carbonyl (C=O) groups excluding carboxylic acids is 2. The number of nitrogens with one attached hydrogen (secondary N) is 1. The SMILES string of the molecule is CCC(=O)NCC1C(O)C(O)C(CO)N1C(=O)CCc1ccccc1. The van der Waals surface area contributed by atoms with Gasteiger partial charge in [-0.2, -0.15) is 0 Å². The molecule has 4 N–H and O–H groups in total. The summed E-state index contributed by atoms with van der Waals surface area (Å²) in [5.74, 6) is -0.472. The van der Waals surface area contributed by atoms with Gasteiger partial charge in [0.25, 0.3) is 0 Å². The van der Waals surface area contributed by atoms with Gasteiger partial charge in [-0.15, -0.1) is 0 Å². The summed E-state index contributed by atoms with van der Waals surface area (Å²) in [7, 11) is 0. The highest BCUT2D eigenvalue weighted by atomic mass is 16.3. The maximum absolute atomic E-state index is 12.7. The molecule has 25 heavy (non-hydrogen) atoms. The number of rotatable bonds is 7. The molecular formula is C18H26N2O5. The van der Waals surface area contributed by atoms with Crippen LogP contribution in [0.1, 0.15) is 25.3 Å². The van der Waals surface area contributed by atoms with Crippen molar-refractivity contribution in [3.05, 3.63) is 35.9 Å². The quantitative estimate of drug-likeness (QED) is 0.527. The van der Waals surface area contributed by atoms with Gasteiger partial charge >= 0.3 is 0 Å². The van der Waals surface area contributed by atoms with E-state index >= 15 is 0 Å². The van der Waals surface area contributed by atoms with Crippen LogP contribution in [0.4, 0.5) is 0 Å². The minimum Gasteiger partial charge on any atom is -0.394 e. The van der Waals surface area contributed by atoms with Crippen LogP contribution in [0.5, 0.6) is 0 Å². The third kappa shape index (κ3) is 4.56. The summed E-state index contributed by atoms with van der Waals surface area (Å²) in [6.45, 7) is 1.29. The van der Waals surface area contributed by atoms with Gasteiger partial charge in [0.2, 0.25) is 11.8 Å². The van der Waals surface area contributed by atoms with Gasteiger partial charge in [0, 0.05) is 19.4 Å². The molecule has 4 unspecified atom stereocenters. The lowest BCUT2D eigenvalue weighted by molar-refractivity contribution is -0.136. The van der Waals surface area contributed by atoms with Crippen LogP contribution in [0, 0.1) is 0 Å². The Morgan fingerprint density at radius 3 is 2.36 bits per heavy atom. The molecule has 1 aromatic carbocycles. The van der Waals surface area contributed by atoms with Gasteiger partial charge in [0.15, 0.2) is 0 Å². The molecule has 1 aromatic rings. The lowest BCUT2D eigenvalue weighted by atomic mass is 10.1. The molecule has 1 aliphatic rings. The van der Waals surface area contributed by atoms with E-state index in [1.807, 2.05) is 30.3 Å². The average molecular weight is 350 g/mol. The Hall–Kier alpha value is -1.96. The molecular weight excluding hydrogens is 324 g/mol. The fourth-order valence-corrected chi connectivity index (χ4v) is 3.18. The summed E-state index contributed by atoms with van der Waals surface area (Å²) in [4.78, 5) is 25.5. The number of carbonyl (C=O) groups is 2. The first-order chi connectivity index (χ1) is 12.0. The van der Waals surface area contributed by atoms with Crippen LogP contribution in [0.3, 0.4) is 0 Å². The number of hydrogen-bond acceptors (Lipinski definition) is 5. The zero-order valence-corrected chi connectivity index (χ0v) is 14.3. The van der Waals surface area contributed by atoms with Crippen LogP contribution >= 0.6 is 0 Å². The first kappa shape index (κ1) is 19.4. The normalized spacial score (nSPS) is 25.8. The standard InChI is InChI=1S/C18H26N2O5/c1-2-15(22)19-10-13-17(24)18(25)14(11-21)20(13)16(23)9-8-12-6-4-3-5-7-12/h3-7,13-14,17-18,21,24-25H,2,8-11H2,1H3,(H,19,22). The van der Waals surface area contributed by atoms with Gasteiger partial charge in [0.1, 0.15) is 12.2 Å². The van der Waals surface area contributed by atoms with E-state index in [9.17, 15) is 24.9 Å². The minimum absolute atomic E-state index is 0.0402. The Morgan fingerprint density at radius 2 is 1.76 bits per heavy atom. The van der Waals surface area contributed by atoms with Crippen molar-refractivity contribution in [3.8, 4) is 0 Å². The molecule has 4 atom stereocenters. The summed E-state index contributed by atoms with van der Waals surface area (Å²) in [5.41, 5.74) is 1.01. The Labute approximate surface area is 147 Å². The highest BCUT2D eigenvalue weighted by molar-refractivity contribution is 5.78. The number of benzene rings is 1. The van der Waals surface area contributed by atoms with Crippen molar-refractivity contribution < 1.29 is 24.9 Å². The maximum Gasteiger partial charge on any atom is 0.223 e. The van der Waals surface area contributed by atoms with Crippen LogP contribution in [-0.2, 0) is 16.0 Å². The second-order valence-corrected chi connectivity index (χ2v) is 6.24. The van der Waals surface area contributed by atoms with Crippen LogP contribution < -0.4 is 5.32 Å². The predicted octanol–water partition coefficient (Wildman–Crippen LogP) is -0.561. The van der Waals surface area contributed by atoms with E-state index in [0.29, 0.717) is 6.42 Å². The largest absolute Gasteiger partial charge is 0.394 e. The summed E-state index contributed by atoms with van der Waals surface area (Å²) >= 11 is 0. The predicted molar refractivity (Wildman–Crippen MR) is 91.6 cm³/mol. The number of aliphatic hydroxyl groups is 3. The average Bonchev–Trinajstić information content (AvgIpc) is 2.88. The number of amides is 2. The van der Waals surface area contributed by atoms with Gasteiger partial charge in [-0.1, -0.05) is 37.3 Å². The van der Waals surface area contributed by atoms with Gasteiger partial charge in [-0.05, 0) is 12.0 Å². The number of aryl methyl sites for hydroxylation is 1. The van der Waals surface area contributed by atoms with Gasteiger partial charge in [0.05, 0.1) is 18.7 Å². The molecule has 0 saturated carbocycles. The Kier molecular flexibility index (Phi) is 6.92. The smallest absolute Gasteiger partial charge is 0.223 e. The zero-order valence-electron chi connectivity index (χ0n) is 14.3. The lowest BCUT2D eigenvalue weighted by Gasteiger charge is -2.30. The molecule has 1 fully saturated rings. The van der Waals surface area contributed by atoms with E-state index in [1.54, 1.807) is 6.92 Å². The molecule has 1 aliphatic heterocycles. The third-order valence-electron chi connectivity index (χ3n) is 4.63. The Bertz CT molecular complexity index is 580. The van der Waals surface area contributed by atoms with Crippen molar-refractivity contribution in [2.24, 2.45) is 0 Å². The second kappa shape index (κ2) is 8.94. The highest BCUT2D eigenvalue weighted by Crippen LogP contribution is 2.26. The molecule has 0 aliphatic carbocycles. The zero-order chi connectivity index (χ0) is 18.4. The summed E-state index contributed by atoms with van der Waals surface area (Å²) in [6.07, 6.45) is -1.45. The summed E-state index contributed by atoms with van der Waals surface area (Å²) < 4.78 is 0. The molecule has 138 valence electrons. The molecule has 1 heterocycles. The summed E-state index contributed by atoms with van der Waals surface area (Å²) in [5, 5.41) is 32.6. The number of nitrogens with zero attached hydrogens (tertiary/aromatic N) is 1. The first-order valence-corrected chi connectivity index (χ1v) is 8.58. The summed E-state index contributed by atoms with van der Waals surface area (Å²) in [6, 6.07) is 7.89. The van der Waals surface area contributed by atoms with E-state index in [-0.39, 0.29) is 31.2 Å². The van der Waals surface area contributed by atoms with E-state index < -0.39 is 30.9 Å². The van der Waals surface area contributed by atoms with E-state index in [1.165, 1.54) is 4.90 Å². The van der Waals surface area contributed by atoms with Crippen molar-refractivity contribution in [3.63, 3.8) is 0 Å². The van der Waals surface area contributed by atoms with Crippen LogP contribution in [0.15, 0.2) is 30.3 Å². The van der Waals surface area contributed by atoms with Crippen molar-refractivity contribution in [1.82, 2.24) is 10.2 Å². The van der Waals surface area contributed by atoms with Gasteiger partial charge in [-0.25, -0.2) is 0 Å². The number of aliphatic hydroxyl groups excluding tert-OH is 3. The lowest BCUT2D eigenvalue weighted by Crippen LogP contribution is -2.50. The Balaban J connectivity index is 2.08. The molecule has 0 bridgehead atoms. The molecule has 0 spiro atoms. The van der Waals surface area contributed by atoms with Crippen molar-refractivity contribution in [1.29, 1.82) is 0 Å². The highest BCUT2D eigenvalue weighted by Gasteiger charge is 2.49. The first-order valence-electron chi connectivity index (χ1n) is 8.58. The minimum atomic E-state index is -1.24. The fraction of sp³-hybridized carbons (Fsp3) is 0.556. The third-order valence-corrected chi connectivity index (χ3v) is 4.63. The molecule has 0 radical (unpaired) electrons. The molecule has 2 rings (SSSR count). The van der Waals surface area contributed by atoms with Crippen LogP contribution in [0.25, 0.3) is 0 Å². The fourth-order valence-electron chi connectivity index (χ4n) is 3.18. The van der Waals surface area contributed by atoms with E-state index in [0.717, 1.165) is 5.56 Å².